The third-order valence-electron chi connectivity index (χ3n) is 4.40. The Balaban J connectivity index is 1.36. The molecule has 0 atom stereocenters. The van der Waals surface area contributed by atoms with E-state index < -0.39 is 5.91 Å². The number of carbonyl (C=O) groups is 1. The third-order valence-corrected chi connectivity index (χ3v) is 4.40. The summed E-state index contributed by atoms with van der Waals surface area (Å²) in [4.78, 5) is 16.4. The van der Waals surface area contributed by atoms with Gasteiger partial charge in [-0.15, -0.1) is 0 Å². The van der Waals surface area contributed by atoms with Gasteiger partial charge in [0.15, 0.2) is 6.61 Å². The highest BCUT2D eigenvalue weighted by atomic mass is 16.5. The average Bonchev–Trinajstić information content (AvgIpc) is 2.83. The molecule has 2 N–H and O–H groups in total. The number of nitrogens with zero attached hydrogens (tertiary/aromatic N) is 4. The van der Waals surface area contributed by atoms with Crippen molar-refractivity contribution in [2.24, 2.45) is 15.3 Å². The number of benzene rings is 3. The number of phenols is 1. The first-order chi connectivity index (χ1) is 15.7. The summed E-state index contributed by atoms with van der Waals surface area (Å²) in [5.74, 6) is 0.0599. The maximum Gasteiger partial charge on any atom is 0.277 e. The number of nitrogens with one attached hydrogen (secondary N) is 1. The lowest BCUT2D eigenvalue weighted by molar-refractivity contribution is -0.123. The van der Waals surface area contributed by atoms with E-state index in [1.54, 1.807) is 24.4 Å². The normalized spacial score (nSPS) is 11.2. The van der Waals surface area contributed by atoms with Crippen LogP contribution in [-0.2, 0) is 4.79 Å². The number of hydrogen-bond acceptors (Lipinski definition) is 7. The molecular weight excluding hydrogens is 406 g/mol. The molecule has 1 aromatic heterocycles. The number of ether oxygens (including phenoxy) is 1. The van der Waals surface area contributed by atoms with Crippen molar-refractivity contribution in [2.75, 3.05) is 6.61 Å². The Morgan fingerprint density at radius 3 is 2.66 bits per heavy atom. The molecule has 0 aliphatic rings. The molecule has 0 radical (unpaired) electrons. The smallest absolute Gasteiger partial charge is 0.277 e. The highest BCUT2D eigenvalue weighted by molar-refractivity contribution is 5.87. The molecule has 0 unspecified atom stereocenters. The molecule has 158 valence electrons. The standard InChI is InChI=1S/C24H19N5O3/c30-21-12-11-20(28-27-19-8-2-1-3-9-19)14-18(21)15-26-29-23(31)16-32-22-10-4-6-17-7-5-13-25-24(17)22/h1-15,30H,16H2,(H,29,31)/b26-15+,28-27?. The highest BCUT2D eigenvalue weighted by Gasteiger charge is 2.06. The highest BCUT2D eigenvalue weighted by Crippen LogP contribution is 2.24. The van der Waals surface area contributed by atoms with Gasteiger partial charge in [0, 0.05) is 17.1 Å². The molecule has 0 saturated carbocycles. The molecule has 32 heavy (non-hydrogen) atoms. The fourth-order valence-corrected chi connectivity index (χ4v) is 2.86. The number of hydrogen-bond donors (Lipinski definition) is 2. The lowest BCUT2D eigenvalue weighted by atomic mass is 10.2. The molecule has 8 heteroatoms. The van der Waals surface area contributed by atoms with Crippen LogP contribution in [-0.4, -0.2) is 28.8 Å². The van der Waals surface area contributed by atoms with Crippen molar-refractivity contribution in [1.82, 2.24) is 10.4 Å². The SMILES string of the molecule is O=C(COc1cccc2cccnc12)N/N=C/c1cc(N=Nc2ccccc2)ccc1O. The van der Waals surface area contributed by atoms with Gasteiger partial charge in [0.25, 0.3) is 5.91 Å². The molecule has 1 heterocycles. The zero-order valence-electron chi connectivity index (χ0n) is 16.9. The monoisotopic (exact) mass is 425 g/mol. The number of hydrazone groups is 1. The number of carbonyl (C=O) groups excluding carboxylic acids is 1. The predicted octanol–water partition coefficient (Wildman–Crippen LogP) is 4.88. The first kappa shape index (κ1) is 20.7. The van der Waals surface area contributed by atoms with E-state index in [0.29, 0.717) is 28.2 Å². The van der Waals surface area contributed by atoms with E-state index in [2.05, 4.69) is 25.7 Å². The maximum absolute atomic E-state index is 12.1. The molecule has 0 aliphatic carbocycles. The minimum absolute atomic E-state index is 0.000241. The quantitative estimate of drug-likeness (QED) is 0.250. The van der Waals surface area contributed by atoms with Gasteiger partial charge in [-0.05, 0) is 42.5 Å². The summed E-state index contributed by atoms with van der Waals surface area (Å²) in [5, 5.41) is 23.1. The number of aromatic nitrogens is 1. The van der Waals surface area contributed by atoms with Gasteiger partial charge in [-0.3, -0.25) is 9.78 Å². The minimum atomic E-state index is -0.450. The summed E-state index contributed by atoms with van der Waals surface area (Å²) in [7, 11) is 0. The van der Waals surface area contributed by atoms with E-state index in [4.69, 9.17) is 4.74 Å². The van der Waals surface area contributed by atoms with Crippen molar-refractivity contribution in [3.8, 4) is 11.5 Å². The topological polar surface area (TPSA) is 109 Å². The number of phenolic OH excluding ortho intramolecular Hbond substituents is 1. The Morgan fingerprint density at radius 1 is 0.969 bits per heavy atom. The van der Waals surface area contributed by atoms with Crippen molar-refractivity contribution < 1.29 is 14.6 Å². The fraction of sp³-hybridized carbons (Fsp3) is 0.0417. The van der Waals surface area contributed by atoms with Gasteiger partial charge in [-0.1, -0.05) is 36.4 Å². The molecule has 8 nitrogen and oxygen atoms in total. The van der Waals surface area contributed by atoms with Gasteiger partial charge < -0.3 is 9.84 Å². The van der Waals surface area contributed by atoms with Gasteiger partial charge in [-0.25, -0.2) is 5.43 Å². The van der Waals surface area contributed by atoms with Gasteiger partial charge in [0.2, 0.25) is 0 Å². The first-order valence-corrected chi connectivity index (χ1v) is 9.77. The molecule has 0 fully saturated rings. The van der Waals surface area contributed by atoms with Crippen LogP contribution in [0.4, 0.5) is 11.4 Å². The van der Waals surface area contributed by atoms with Crippen molar-refractivity contribution in [1.29, 1.82) is 0 Å². The summed E-state index contributed by atoms with van der Waals surface area (Å²) in [6.07, 6.45) is 2.99. The lowest BCUT2D eigenvalue weighted by Gasteiger charge is -2.07. The fourth-order valence-electron chi connectivity index (χ4n) is 2.86. The molecule has 0 saturated heterocycles. The second-order valence-corrected chi connectivity index (χ2v) is 6.69. The first-order valence-electron chi connectivity index (χ1n) is 9.77. The van der Waals surface area contributed by atoms with Crippen LogP contribution in [0, 0.1) is 0 Å². The van der Waals surface area contributed by atoms with Crippen LogP contribution in [0.5, 0.6) is 11.5 Å². The molecule has 3 aromatic carbocycles. The second kappa shape index (κ2) is 9.94. The molecule has 4 rings (SSSR count). The van der Waals surface area contributed by atoms with Crippen LogP contribution < -0.4 is 10.2 Å². The largest absolute Gasteiger partial charge is 0.507 e. The number of fused-ring (bicyclic) bond motifs is 1. The number of para-hydroxylation sites is 1. The van der Waals surface area contributed by atoms with Gasteiger partial charge in [0.05, 0.1) is 17.6 Å². The zero-order valence-corrected chi connectivity index (χ0v) is 16.9. The van der Waals surface area contributed by atoms with Crippen LogP contribution in [0.1, 0.15) is 5.56 Å². The minimum Gasteiger partial charge on any atom is -0.507 e. The molecular formula is C24H19N5O3. The van der Waals surface area contributed by atoms with Crippen LogP contribution in [0.3, 0.4) is 0 Å². The number of amides is 1. The average molecular weight is 425 g/mol. The van der Waals surface area contributed by atoms with Crippen LogP contribution in [0.25, 0.3) is 10.9 Å². The van der Waals surface area contributed by atoms with Crippen molar-refractivity contribution in [3.05, 3.63) is 90.6 Å². The second-order valence-electron chi connectivity index (χ2n) is 6.69. The summed E-state index contributed by atoms with van der Waals surface area (Å²) >= 11 is 0. The van der Waals surface area contributed by atoms with Gasteiger partial charge in [0.1, 0.15) is 17.0 Å². The molecule has 0 spiro atoms. The number of azo groups is 1. The van der Waals surface area contributed by atoms with Crippen molar-refractivity contribution >= 4 is 34.4 Å². The molecule has 1 amide bonds. The zero-order chi connectivity index (χ0) is 22.2. The maximum atomic E-state index is 12.1. The molecule has 4 aromatic rings. The van der Waals surface area contributed by atoms with Crippen LogP contribution in [0.2, 0.25) is 0 Å². The predicted molar refractivity (Wildman–Crippen MR) is 122 cm³/mol. The molecule has 0 aliphatic heterocycles. The number of rotatable bonds is 7. The Bertz CT molecular complexity index is 1280. The Kier molecular flexibility index (Phi) is 6.42. The summed E-state index contributed by atoms with van der Waals surface area (Å²) in [5.41, 5.74) is 4.68. The lowest BCUT2D eigenvalue weighted by Crippen LogP contribution is -2.24. The van der Waals surface area contributed by atoms with Gasteiger partial charge in [-0.2, -0.15) is 15.3 Å². The summed E-state index contributed by atoms with van der Waals surface area (Å²) < 4.78 is 5.58. The van der Waals surface area contributed by atoms with Gasteiger partial charge >= 0.3 is 0 Å². The Hall–Kier alpha value is -4.59. The number of aromatic hydroxyl groups is 1. The molecule has 0 bridgehead atoms. The van der Waals surface area contributed by atoms with Crippen molar-refractivity contribution in [2.45, 2.75) is 0 Å². The van der Waals surface area contributed by atoms with Crippen LogP contribution in [0.15, 0.2) is 100 Å². The van der Waals surface area contributed by atoms with E-state index in [0.717, 1.165) is 5.39 Å². The van der Waals surface area contributed by atoms with Crippen LogP contribution >= 0.6 is 0 Å². The van der Waals surface area contributed by atoms with Crippen molar-refractivity contribution in [3.63, 3.8) is 0 Å². The summed E-state index contributed by atoms with van der Waals surface area (Å²) in [6, 6.07) is 23.3. The van der Waals surface area contributed by atoms with E-state index in [1.807, 2.05) is 54.6 Å². The summed E-state index contributed by atoms with van der Waals surface area (Å²) in [6.45, 7) is -0.232. The van der Waals surface area contributed by atoms with E-state index >= 15 is 0 Å². The Labute approximate surface area is 183 Å². The number of pyridine rings is 1. The third kappa shape index (κ3) is 5.31. The van der Waals surface area contributed by atoms with E-state index in [-0.39, 0.29) is 12.4 Å². The Morgan fingerprint density at radius 2 is 1.78 bits per heavy atom. The van der Waals surface area contributed by atoms with E-state index in [1.165, 1.54) is 12.3 Å². The van der Waals surface area contributed by atoms with E-state index in [9.17, 15) is 9.90 Å².